The molecule has 1 fully saturated rings. The summed E-state index contributed by atoms with van der Waals surface area (Å²) in [6.45, 7) is 6.84. The first kappa shape index (κ1) is 15.8. The minimum atomic E-state index is -0.700. The predicted octanol–water partition coefficient (Wildman–Crippen LogP) is 2.39. The monoisotopic (exact) mass is 292 g/mol. The fraction of sp³-hybridized carbons (Fsp3) is 0.625. The Labute approximate surface area is 125 Å². The van der Waals surface area contributed by atoms with Gasteiger partial charge in [0.05, 0.1) is 12.8 Å². The summed E-state index contributed by atoms with van der Waals surface area (Å²) >= 11 is 0. The Morgan fingerprint density at radius 3 is 2.95 bits per heavy atom. The van der Waals surface area contributed by atoms with E-state index >= 15 is 0 Å². The van der Waals surface area contributed by atoms with Crippen LogP contribution in [0.25, 0.3) is 0 Å². The van der Waals surface area contributed by atoms with Crippen molar-refractivity contribution in [2.45, 2.75) is 39.7 Å². The molecule has 5 nitrogen and oxygen atoms in total. The van der Waals surface area contributed by atoms with Gasteiger partial charge in [-0.1, -0.05) is 0 Å². The first-order valence-corrected chi connectivity index (χ1v) is 7.44. The van der Waals surface area contributed by atoms with Gasteiger partial charge in [0.1, 0.15) is 5.75 Å². The van der Waals surface area contributed by atoms with Gasteiger partial charge in [-0.15, -0.1) is 0 Å². The molecule has 0 spiro atoms. The summed E-state index contributed by atoms with van der Waals surface area (Å²) < 4.78 is 5.44. The van der Waals surface area contributed by atoms with Crippen molar-refractivity contribution in [2.75, 3.05) is 20.2 Å². The normalized spacial score (nSPS) is 18.9. The Kier molecular flexibility index (Phi) is 5.17. The molecule has 0 aliphatic carbocycles. The maximum Gasteiger partial charge on any atom is 0.303 e. The van der Waals surface area contributed by atoms with Crippen LogP contribution in [0, 0.1) is 19.8 Å². The van der Waals surface area contributed by atoms with Gasteiger partial charge < -0.3 is 9.84 Å². The minimum absolute atomic E-state index is 0.272. The van der Waals surface area contributed by atoms with Gasteiger partial charge >= 0.3 is 5.97 Å². The second kappa shape index (κ2) is 6.89. The number of carbonyl (C=O) groups is 1. The van der Waals surface area contributed by atoms with Crippen LogP contribution in [0.3, 0.4) is 0 Å². The molecule has 1 unspecified atom stereocenters. The molecule has 1 aliphatic rings. The first-order valence-electron chi connectivity index (χ1n) is 7.44. The zero-order chi connectivity index (χ0) is 15.4. The Morgan fingerprint density at radius 1 is 1.52 bits per heavy atom. The van der Waals surface area contributed by atoms with E-state index in [-0.39, 0.29) is 6.42 Å². The van der Waals surface area contributed by atoms with Crippen molar-refractivity contribution >= 4 is 5.97 Å². The van der Waals surface area contributed by atoms with E-state index < -0.39 is 5.97 Å². The molecule has 21 heavy (non-hydrogen) atoms. The zero-order valence-electron chi connectivity index (χ0n) is 13.1. The van der Waals surface area contributed by atoms with E-state index in [1.807, 2.05) is 20.0 Å². The van der Waals surface area contributed by atoms with E-state index in [1.165, 1.54) is 0 Å². The van der Waals surface area contributed by atoms with Gasteiger partial charge in [0.25, 0.3) is 0 Å². The molecule has 116 valence electrons. The highest BCUT2D eigenvalue weighted by Gasteiger charge is 2.24. The summed E-state index contributed by atoms with van der Waals surface area (Å²) in [6.07, 6.45) is 3.98. The van der Waals surface area contributed by atoms with Crippen molar-refractivity contribution in [3.8, 4) is 5.75 Å². The highest BCUT2D eigenvalue weighted by atomic mass is 16.5. The fourth-order valence-corrected chi connectivity index (χ4v) is 3.06. The van der Waals surface area contributed by atoms with E-state index in [9.17, 15) is 4.79 Å². The molecule has 1 saturated heterocycles. The molecule has 1 aliphatic heterocycles. The number of carboxylic acid groups (broad SMARTS) is 1. The van der Waals surface area contributed by atoms with Gasteiger partial charge in [-0.05, 0) is 39.2 Å². The highest BCUT2D eigenvalue weighted by molar-refractivity contribution is 5.66. The lowest BCUT2D eigenvalue weighted by Crippen LogP contribution is -2.21. The lowest BCUT2D eigenvalue weighted by Gasteiger charge is -2.18. The number of carboxylic acids is 1. The maximum atomic E-state index is 10.6. The quantitative estimate of drug-likeness (QED) is 0.872. The van der Waals surface area contributed by atoms with E-state index in [0.29, 0.717) is 5.92 Å². The molecular weight excluding hydrogens is 268 g/mol. The number of aryl methyl sites for hydroxylation is 1. The number of likely N-dealkylation sites (tertiary alicyclic amines) is 1. The average molecular weight is 292 g/mol. The van der Waals surface area contributed by atoms with Gasteiger partial charge in [0.15, 0.2) is 0 Å². The summed E-state index contributed by atoms with van der Waals surface area (Å²) in [6, 6.07) is 0. The number of nitrogens with zero attached hydrogens (tertiary/aromatic N) is 2. The van der Waals surface area contributed by atoms with Crippen molar-refractivity contribution in [1.29, 1.82) is 0 Å². The largest absolute Gasteiger partial charge is 0.496 e. The summed E-state index contributed by atoms with van der Waals surface area (Å²) in [5, 5.41) is 8.76. The topological polar surface area (TPSA) is 62.7 Å². The van der Waals surface area contributed by atoms with Crippen LogP contribution in [-0.4, -0.2) is 41.2 Å². The van der Waals surface area contributed by atoms with Gasteiger partial charge in [-0.2, -0.15) is 0 Å². The molecule has 2 heterocycles. The van der Waals surface area contributed by atoms with Gasteiger partial charge in [0, 0.05) is 36.8 Å². The molecule has 2 rings (SSSR count). The number of hydrogen-bond donors (Lipinski definition) is 1. The van der Waals surface area contributed by atoms with Crippen LogP contribution in [0.15, 0.2) is 6.20 Å². The van der Waals surface area contributed by atoms with Crippen LogP contribution in [-0.2, 0) is 11.3 Å². The molecule has 1 aromatic rings. The average Bonchev–Trinajstić information content (AvgIpc) is 2.88. The van der Waals surface area contributed by atoms with E-state index in [4.69, 9.17) is 9.84 Å². The molecule has 0 amide bonds. The van der Waals surface area contributed by atoms with Crippen molar-refractivity contribution in [3.63, 3.8) is 0 Å². The Bertz CT molecular complexity index is 516. The summed E-state index contributed by atoms with van der Waals surface area (Å²) in [7, 11) is 1.69. The highest BCUT2D eigenvalue weighted by Crippen LogP contribution is 2.27. The Morgan fingerprint density at radius 2 is 2.29 bits per heavy atom. The van der Waals surface area contributed by atoms with Crippen molar-refractivity contribution in [1.82, 2.24) is 9.88 Å². The first-order chi connectivity index (χ1) is 10.0. The van der Waals surface area contributed by atoms with Gasteiger partial charge in [-0.25, -0.2) is 0 Å². The Balaban J connectivity index is 1.96. The van der Waals surface area contributed by atoms with Gasteiger partial charge in [0.2, 0.25) is 0 Å². The summed E-state index contributed by atoms with van der Waals surface area (Å²) in [4.78, 5) is 17.5. The molecule has 5 heteroatoms. The van der Waals surface area contributed by atoms with Crippen LogP contribution in [0.4, 0.5) is 0 Å². The second-order valence-electron chi connectivity index (χ2n) is 5.87. The molecule has 1 aromatic heterocycles. The number of methoxy groups -OCH3 is 1. The van der Waals surface area contributed by atoms with Crippen LogP contribution >= 0.6 is 0 Å². The molecular formula is C16H24N2O3. The predicted molar refractivity (Wildman–Crippen MR) is 80.5 cm³/mol. The molecule has 1 atom stereocenters. The van der Waals surface area contributed by atoms with Crippen molar-refractivity contribution in [2.24, 2.45) is 5.92 Å². The third-order valence-corrected chi connectivity index (χ3v) is 4.26. The molecule has 1 N–H and O–H groups in total. The maximum absolute atomic E-state index is 10.6. The smallest absolute Gasteiger partial charge is 0.303 e. The summed E-state index contributed by atoms with van der Waals surface area (Å²) in [5.41, 5.74) is 3.21. The van der Waals surface area contributed by atoms with E-state index in [2.05, 4.69) is 9.88 Å². The number of aliphatic carboxylic acids is 1. The SMILES string of the molecule is COc1c(C)cnc(CN2CCC(CCC(=O)O)C2)c1C. The molecule has 0 aromatic carbocycles. The Hall–Kier alpha value is -1.62. The number of ether oxygens (including phenoxy) is 1. The van der Waals surface area contributed by atoms with Crippen LogP contribution in [0.1, 0.15) is 36.1 Å². The number of aromatic nitrogens is 1. The molecule has 0 saturated carbocycles. The minimum Gasteiger partial charge on any atom is -0.496 e. The van der Waals surface area contributed by atoms with Crippen molar-refractivity contribution < 1.29 is 14.6 Å². The number of pyridine rings is 1. The number of rotatable bonds is 6. The van der Waals surface area contributed by atoms with E-state index in [0.717, 1.165) is 55.0 Å². The zero-order valence-corrected chi connectivity index (χ0v) is 13.1. The van der Waals surface area contributed by atoms with Gasteiger partial charge in [-0.3, -0.25) is 14.7 Å². The third-order valence-electron chi connectivity index (χ3n) is 4.26. The number of hydrogen-bond acceptors (Lipinski definition) is 4. The van der Waals surface area contributed by atoms with Crippen molar-refractivity contribution in [3.05, 3.63) is 23.0 Å². The van der Waals surface area contributed by atoms with Crippen LogP contribution in [0.5, 0.6) is 5.75 Å². The summed E-state index contributed by atoms with van der Waals surface area (Å²) in [5.74, 6) is 0.713. The lowest BCUT2D eigenvalue weighted by molar-refractivity contribution is -0.137. The fourth-order valence-electron chi connectivity index (χ4n) is 3.06. The van der Waals surface area contributed by atoms with Crippen LogP contribution < -0.4 is 4.74 Å². The molecule has 0 radical (unpaired) electrons. The van der Waals surface area contributed by atoms with Crippen LogP contribution in [0.2, 0.25) is 0 Å². The lowest BCUT2D eigenvalue weighted by atomic mass is 10.0. The van der Waals surface area contributed by atoms with E-state index in [1.54, 1.807) is 7.11 Å². The third kappa shape index (κ3) is 3.94. The second-order valence-corrected chi connectivity index (χ2v) is 5.87. The molecule has 0 bridgehead atoms. The standard InChI is InChI=1S/C16H24N2O3/c1-11-8-17-14(12(2)16(11)21-3)10-18-7-6-13(9-18)4-5-15(19)20/h8,13H,4-7,9-10H2,1-3H3,(H,19,20).